The van der Waals surface area contributed by atoms with E-state index in [0.29, 0.717) is 6.41 Å². The maximum atomic E-state index is 8.94. The normalized spacial score (nSPS) is 7.40. The number of carbonyl (C=O) groups is 1. The van der Waals surface area contributed by atoms with Gasteiger partial charge in [-0.3, -0.25) is 10.2 Å². The molecule has 0 atom stereocenters. The number of rotatable bonds is 1. The second kappa shape index (κ2) is 6.66. The van der Waals surface area contributed by atoms with Gasteiger partial charge in [0, 0.05) is 5.38 Å². The van der Waals surface area contributed by atoms with Gasteiger partial charge in [0.1, 0.15) is 4.60 Å². The van der Waals surface area contributed by atoms with Crippen molar-refractivity contribution in [3.63, 3.8) is 0 Å². The van der Waals surface area contributed by atoms with E-state index in [1.165, 1.54) is 0 Å². The molecule has 4 nitrogen and oxygen atoms in total. The van der Waals surface area contributed by atoms with Crippen molar-refractivity contribution in [2.45, 2.75) is 0 Å². The molecule has 0 aromatic carbocycles. The van der Waals surface area contributed by atoms with Crippen LogP contribution in [-0.4, -0.2) is 11.4 Å². The molecule has 0 aliphatic heterocycles. The smallest absolute Gasteiger partial charge is 0.221 e. The molecule has 6 heteroatoms. The summed E-state index contributed by atoms with van der Waals surface area (Å²) in [6.07, 6.45) is 0.403. The minimum absolute atomic E-state index is 0.403. The van der Waals surface area contributed by atoms with Crippen LogP contribution in [0.25, 0.3) is 0 Å². The van der Waals surface area contributed by atoms with Crippen LogP contribution in [-0.2, 0) is 4.79 Å². The van der Waals surface area contributed by atoms with Crippen LogP contribution in [0.2, 0.25) is 0 Å². The highest BCUT2D eigenvalue weighted by Crippen LogP contribution is 2.06. The maximum absolute atomic E-state index is 8.94. The molecule has 1 aromatic heterocycles. The lowest BCUT2D eigenvalue weighted by Gasteiger charge is -1.66. The first-order chi connectivity index (χ1) is 4.81. The van der Waals surface area contributed by atoms with Gasteiger partial charge in [-0.2, -0.15) is 0 Å². The number of hydrogen-bond donors (Lipinski definition) is 2. The summed E-state index contributed by atoms with van der Waals surface area (Å²) in [4.78, 5) is 12.8. The molecule has 1 amide bonds. The summed E-state index contributed by atoms with van der Waals surface area (Å²) in [5.41, 5.74) is 3.53. The van der Waals surface area contributed by atoms with Crippen LogP contribution in [0, 0.1) is 0 Å². The number of nitrogens with one attached hydrogen (secondary N) is 1. The predicted octanol–water partition coefficient (Wildman–Crippen LogP) is 0.512. The van der Waals surface area contributed by atoms with Crippen molar-refractivity contribution in [3.05, 3.63) is 15.5 Å². The number of nitrogens with zero attached hydrogens (tertiary/aromatic N) is 1. The summed E-state index contributed by atoms with van der Waals surface area (Å²) in [5, 5.41) is 1.93. The highest BCUT2D eigenvalue weighted by Gasteiger charge is 1.78. The quantitative estimate of drug-likeness (QED) is 0.316. The van der Waals surface area contributed by atoms with Crippen LogP contribution in [0.15, 0.2) is 15.5 Å². The van der Waals surface area contributed by atoms with Gasteiger partial charge in [0.25, 0.3) is 0 Å². The van der Waals surface area contributed by atoms with Crippen molar-refractivity contribution in [3.8, 4) is 0 Å². The zero-order valence-corrected chi connectivity index (χ0v) is 7.35. The largest absolute Gasteiger partial charge is 0.297 e. The molecule has 0 spiro atoms. The number of nitrogens with two attached hydrogens (primary N) is 1. The highest BCUT2D eigenvalue weighted by molar-refractivity contribution is 9.10. The minimum atomic E-state index is 0.403. The average Bonchev–Trinajstić information content (AvgIpc) is 2.40. The zero-order valence-electron chi connectivity index (χ0n) is 4.95. The first kappa shape index (κ1) is 9.54. The Labute approximate surface area is 70.6 Å². The molecule has 0 saturated carbocycles. The van der Waals surface area contributed by atoms with E-state index >= 15 is 0 Å². The molecule has 0 saturated heterocycles. The van der Waals surface area contributed by atoms with E-state index < -0.39 is 0 Å². The minimum Gasteiger partial charge on any atom is -0.297 e. The average molecular weight is 224 g/mol. The van der Waals surface area contributed by atoms with E-state index in [1.54, 1.807) is 22.3 Å². The standard InChI is InChI=1S/C3H2BrNS.CH4N2O/c4-3-1-6-2-5-3;2-3-1-4/h1-2H;1H,2H2,(H,3,4). The van der Waals surface area contributed by atoms with Gasteiger partial charge in [-0.05, 0) is 15.9 Å². The summed E-state index contributed by atoms with van der Waals surface area (Å²) in [7, 11) is 0. The first-order valence-corrected chi connectivity index (χ1v) is 3.98. The third kappa shape index (κ3) is 5.67. The molecule has 1 aromatic rings. The van der Waals surface area contributed by atoms with Crippen LogP contribution in [0.5, 0.6) is 0 Å². The van der Waals surface area contributed by atoms with Crippen molar-refractivity contribution >= 4 is 33.7 Å². The van der Waals surface area contributed by atoms with Gasteiger partial charge in [0.05, 0.1) is 5.51 Å². The van der Waals surface area contributed by atoms with Gasteiger partial charge >= 0.3 is 0 Å². The Hall–Kier alpha value is -0.460. The fraction of sp³-hybridized carbons (Fsp3) is 0. The molecule has 3 N–H and O–H groups in total. The number of thiazole rings is 1. The monoisotopic (exact) mass is 223 g/mol. The molecule has 0 unspecified atom stereocenters. The second-order valence-corrected chi connectivity index (χ2v) is 2.63. The van der Waals surface area contributed by atoms with Crippen molar-refractivity contribution in [2.75, 3.05) is 0 Å². The number of hydrazine groups is 1. The summed E-state index contributed by atoms with van der Waals surface area (Å²) >= 11 is 4.76. The van der Waals surface area contributed by atoms with Gasteiger partial charge < -0.3 is 0 Å². The molecule has 0 aliphatic carbocycles. The third-order valence-electron chi connectivity index (χ3n) is 0.470. The van der Waals surface area contributed by atoms with Crippen LogP contribution in [0.3, 0.4) is 0 Å². The summed E-state index contributed by atoms with van der Waals surface area (Å²) in [5.74, 6) is 4.41. The molecule has 0 radical (unpaired) electrons. The van der Waals surface area contributed by atoms with Crippen molar-refractivity contribution in [1.29, 1.82) is 0 Å². The first-order valence-electron chi connectivity index (χ1n) is 2.24. The molecular formula is C4H6BrN3OS. The number of amides is 1. The Bertz CT molecular complexity index is 167. The Morgan fingerprint density at radius 3 is 2.60 bits per heavy atom. The van der Waals surface area contributed by atoms with Gasteiger partial charge in [0.15, 0.2) is 0 Å². The van der Waals surface area contributed by atoms with Gasteiger partial charge in [-0.25, -0.2) is 10.8 Å². The third-order valence-corrected chi connectivity index (χ3v) is 1.79. The van der Waals surface area contributed by atoms with Crippen LogP contribution < -0.4 is 11.3 Å². The molecule has 0 aliphatic rings. The van der Waals surface area contributed by atoms with Crippen molar-refractivity contribution in [1.82, 2.24) is 10.4 Å². The molecule has 1 heterocycles. The lowest BCUT2D eigenvalue weighted by Crippen LogP contribution is -2.18. The van der Waals surface area contributed by atoms with Crippen molar-refractivity contribution in [2.24, 2.45) is 5.84 Å². The summed E-state index contributed by atoms with van der Waals surface area (Å²) < 4.78 is 0.924. The van der Waals surface area contributed by atoms with E-state index in [2.05, 4.69) is 26.8 Å². The van der Waals surface area contributed by atoms with Gasteiger partial charge in [-0.15, -0.1) is 11.3 Å². The molecule has 0 bridgehead atoms. The Kier molecular flexibility index (Phi) is 6.35. The van der Waals surface area contributed by atoms with Gasteiger partial charge in [0.2, 0.25) is 6.41 Å². The van der Waals surface area contributed by atoms with E-state index in [-0.39, 0.29) is 0 Å². The number of carbonyl (C=O) groups excluding carboxylic acids is 1. The summed E-state index contributed by atoms with van der Waals surface area (Å²) in [6, 6.07) is 0. The van der Waals surface area contributed by atoms with Crippen molar-refractivity contribution < 1.29 is 4.79 Å². The van der Waals surface area contributed by atoms with E-state index in [9.17, 15) is 0 Å². The SMILES string of the molecule is Brc1cscn1.NNC=O. The van der Waals surface area contributed by atoms with Crippen LogP contribution in [0.4, 0.5) is 0 Å². The molecule has 10 heavy (non-hydrogen) atoms. The van der Waals surface area contributed by atoms with E-state index in [0.717, 1.165) is 4.60 Å². The molecule has 0 fully saturated rings. The number of halogens is 1. The topological polar surface area (TPSA) is 68.0 Å². The number of aromatic nitrogens is 1. The Morgan fingerprint density at radius 1 is 1.90 bits per heavy atom. The lowest BCUT2D eigenvalue weighted by molar-refractivity contribution is -0.109. The lowest BCUT2D eigenvalue weighted by atomic mass is 11.0. The second-order valence-electron chi connectivity index (χ2n) is 1.10. The maximum Gasteiger partial charge on any atom is 0.221 e. The van der Waals surface area contributed by atoms with Crippen LogP contribution >= 0.6 is 27.3 Å². The van der Waals surface area contributed by atoms with E-state index in [1.807, 2.05) is 5.38 Å². The zero-order chi connectivity index (χ0) is 7.82. The molecule has 56 valence electrons. The van der Waals surface area contributed by atoms with Gasteiger partial charge in [-0.1, -0.05) is 0 Å². The van der Waals surface area contributed by atoms with Crippen LogP contribution in [0.1, 0.15) is 0 Å². The highest BCUT2D eigenvalue weighted by atomic mass is 79.9. The predicted molar refractivity (Wildman–Crippen MR) is 43.2 cm³/mol. The fourth-order valence-electron chi connectivity index (χ4n) is 0.198. The molecular weight excluding hydrogens is 218 g/mol. The molecule has 1 rings (SSSR count). The van der Waals surface area contributed by atoms with E-state index in [4.69, 9.17) is 4.79 Å². The fourth-order valence-corrected chi connectivity index (χ4v) is 1.17. The Morgan fingerprint density at radius 2 is 2.50 bits per heavy atom. The summed E-state index contributed by atoms with van der Waals surface area (Å²) in [6.45, 7) is 0. The Balaban J connectivity index is 0.000000180. The number of hydrogen-bond acceptors (Lipinski definition) is 4.